The van der Waals surface area contributed by atoms with E-state index >= 15 is 0 Å². The Labute approximate surface area is 269 Å². The van der Waals surface area contributed by atoms with Crippen molar-refractivity contribution in [2.45, 2.75) is 49.6 Å². The van der Waals surface area contributed by atoms with Crippen LogP contribution in [0.2, 0.25) is 0 Å². The summed E-state index contributed by atoms with van der Waals surface area (Å²) in [6.45, 7) is 0. The maximum absolute atomic E-state index is 9.56. The molecule has 222 valence electrons. The number of nitriles is 1. The average molecular weight is 596 g/mol. The molecule has 0 bridgehead atoms. The van der Waals surface area contributed by atoms with Crippen LogP contribution in [0.25, 0.3) is 33.9 Å². The van der Waals surface area contributed by atoms with E-state index in [9.17, 15) is 5.26 Å². The van der Waals surface area contributed by atoms with Crippen LogP contribution in [0, 0.1) is 23.7 Å². The molecule has 8 rings (SSSR count). The van der Waals surface area contributed by atoms with Crippen molar-refractivity contribution in [3.05, 3.63) is 144 Å². The quantitative estimate of drug-likeness (QED) is 0.173. The number of aromatic nitrogens is 4. The van der Waals surface area contributed by atoms with E-state index in [1.807, 2.05) is 42.7 Å². The molecule has 0 spiro atoms. The molecule has 5 nitrogen and oxygen atoms in total. The normalized spacial score (nSPS) is 20.2. The molecule has 0 unspecified atom stereocenters. The second-order valence-corrected chi connectivity index (χ2v) is 12.6. The molecule has 0 N–H and O–H groups in total. The van der Waals surface area contributed by atoms with Gasteiger partial charge in [-0.05, 0) is 71.9 Å². The predicted octanol–water partition coefficient (Wildman–Crippen LogP) is 9.17. The van der Waals surface area contributed by atoms with Crippen LogP contribution in [0.3, 0.4) is 0 Å². The fourth-order valence-corrected chi connectivity index (χ4v) is 7.27. The molecule has 0 amide bonds. The van der Waals surface area contributed by atoms with Gasteiger partial charge >= 0.3 is 0 Å². The standard InChI is InChI=1S/C41H33N5/c1-2-28-19-31(13-14-32(28)27-42)33-20-34(36-23-38(24-36)45-17-15-43-40(45)29-9-5-3-6-10-29)22-35(21-33)37-25-39(26-37)46-18-16-44-41(46)30-11-7-4-8-12-30/h1,3-22,36-39H,23-26H2. The highest BCUT2D eigenvalue weighted by Gasteiger charge is 2.36. The zero-order chi connectivity index (χ0) is 31.0. The van der Waals surface area contributed by atoms with E-state index in [4.69, 9.17) is 16.4 Å². The Hall–Kier alpha value is -5.65. The highest BCUT2D eigenvalue weighted by atomic mass is 15.1. The molecule has 2 aliphatic carbocycles. The smallest absolute Gasteiger partial charge is 0.140 e. The number of hydrogen-bond donors (Lipinski definition) is 0. The van der Waals surface area contributed by atoms with Crippen molar-refractivity contribution in [1.29, 1.82) is 5.26 Å². The van der Waals surface area contributed by atoms with Gasteiger partial charge in [-0.2, -0.15) is 5.26 Å². The van der Waals surface area contributed by atoms with E-state index in [1.165, 1.54) is 16.7 Å². The Bertz CT molecular complexity index is 1980. The fraction of sp³-hybridized carbons (Fsp3) is 0.195. The first-order valence-electron chi connectivity index (χ1n) is 16.0. The summed E-state index contributed by atoms with van der Waals surface area (Å²) < 4.78 is 4.70. The summed E-state index contributed by atoms with van der Waals surface area (Å²) in [5.41, 5.74) is 8.47. The lowest BCUT2D eigenvalue weighted by Gasteiger charge is -2.40. The largest absolute Gasteiger partial charge is 0.328 e. The number of hydrogen-bond acceptors (Lipinski definition) is 3. The van der Waals surface area contributed by atoms with Crippen LogP contribution < -0.4 is 0 Å². The third-order valence-electron chi connectivity index (χ3n) is 9.96. The molecule has 2 saturated carbocycles. The van der Waals surface area contributed by atoms with Crippen LogP contribution in [0.5, 0.6) is 0 Å². The van der Waals surface area contributed by atoms with Crippen molar-refractivity contribution in [2.75, 3.05) is 0 Å². The minimum absolute atomic E-state index is 0.420. The highest BCUT2D eigenvalue weighted by Crippen LogP contribution is 2.50. The van der Waals surface area contributed by atoms with Gasteiger partial charge in [0.15, 0.2) is 0 Å². The van der Waals surface area contributed by atoms with E-state index in [2.05, 4.69) is 100 Å². The molecule has 2 heterocycles. The molecule has 0 aliphatic heterocycles. The van der Waals surface area contributed by atoms with Gasteiger partial charge in [-0.1, -0.05) is 90.8 Å². The van der Waals surface area contributed by atoms with Gasteiger partial charge in [0.05, 0.1) is 5.56 Å². The van der Waals surface area contributed by atoms with Crippen LogP contribution in [-0.4, -0.2) is 19.1 Å². The summed E-state index contributed by atoms with van der Waals surface area (Å²) in [7, 11) is 0. The van der Waals surface area contributed by atoms with Crippen molar-refractivity contribution in [1.82, 2.24) is 19.1 Å². The zero-order valence-corrected chi connectivity index (χ0v) is 25.5. The molecule has 5 heteroatoms. The summed E-state index contributed by atoms with van der Waals surface area (Å²) in [6, 6.07) is 37.0. The lowest BCUT2D eigenvalue weighted by molar-refractivity contribution is 0.261. The Morgan fingerprint density at radius 2 is 1.11 bits per heavy atom. The monoisotopic (exact) mass is 595 g/mol. The van der Waals surface area contributed by atoms with E-state index in [0.29, 0.717) is 35.0 Å². The summed E-state index contributed by atoms with van der Waals surface area (Å²) in [6.07, 6.45) is 18.2. The Morgan fingerprint density at radius 1 is 0.587 bits per heavy atom. The van der Waals surface area contributed by atoms with Gasteiger partial charge in [-0.3, -0.25) is 0 Å². The second kappa shape index (κ2) is 11.7. The lowest BCUT2D eigenvalue weighted by atomic mass is 9.71. The third kappa shape index (κ3) is 5.01. The number of rotatable bonds is 7. The molecular formula is C41H33N5. The predicted molar refractivity (Wildman–Crippen MR) is 182 cm³/mol. The topological polar surface area (TPSA) is 59.4 Å². The van der Waals surface area contributed by atoms with Gasteiger partial charge in [-0.15, -0.1) is 6.42 Å². The molecule has 0 atom stereocenters. The maximum Gasteiger partial charge on any atom is 0.140 e. The van der Waals surface area contributed by atoms with Crippen LogP contribution in [0.15, 0.2) is 122 Å². The van der Waals surface area contributed by atoms with Crippen LogP contribution in [0.4, 0.5) is 0 Å². The SMILES string of the molecule is C#Cc1cc(-c2cc(C3CC(n4ccnc4-c4ccccc4)C3)cc(C3CC(n4ccnc4-c4ccccc4)C3)c2)ccc1C#N. The minimum atomic E-state index is 0.420. The summed E-state index contributed by atoms with van der Waals surface area (Å²) in [5.74, 6) is 5.72. The average Bonchev–Trinajstić information content (AvgIpc) is 3.75. The van der Waals surface area contributed by atoms with Crippen molar-refractivity contribution < 1.29 is 0 Å². The molecule has 0 saturated heterocycles. The first-order chi connectivity index (χ1) is 22.7. The Balaban J connectivity index is 1.08. The lowest BCUT2D eigenvalue weighted by Crippen LogP contribution is -2.27. The third-order valence-corrected chi connectivity index (χ3v) is 9.96. The van der Waals surface area contributed by atoms with E-state index in [-0.39, 0.29) is 0 Å². The van der Waals surface area contributed by atoms with Crippen LogP contribution in [-0.2, 0) is 0 Å². The number of imidazole rings is 2. The molecule has 46 heavy (non-hydrogen) atoms. The van der Waals surface area contributed by atoms with Gasteiger partial charge in [0.2, 0.25) is 0 Å². The molecule has 2 fully saturated rings. The van der Waals surface area contributed by atoms with Crippen LogP contribution >= 0.6 is 0 Å². The van der Waals surface area contributed by atoms with E-state index in [1.54, 1.807) is 0 Å². The maximum atomic E-state index is 9.56. The zero-order valence-electron chi connectivity index (χ0n) is 25.5. The first-order valence-corrected chi connectivity index (χ1v) is 16.0. The number of nitrogens with zero attached hydrogens (tertiary/aromatic N) is 5. The summed E-state index contributed by atoms with van der Waals surface area (Å²) >= 11 is 0. The Morgan fingerprint density at radius 3 is 1.59 bits per heavy atom. The molecular weight excluding hydrogens is 562 g/mol. The van der Waals surface area contributed by atoms with Gasteiger partial charge in [-0.25, -0.2) is 9.97 Å². The molecule has 4 aromatic carbocycles. The van der Waals surface area contributed by atoms with Crippen molar-refractivity contribution in [3.63, 3.8) is 0 Å². The Kier molecular flexibility index (Phi) is 7.08. The van der Waals surface area contributed by atoms with Crippen molar-refractivity contribution in [3.8, 4) is 52.3 Å². The molecule has 0 radical (unpaired) electrons. The molecule has 2 aliphatic rings. The van der Waals surface area contributed by atoms with E-state index < -0.39 is 0 Å². The second-order valence-electron chi connectivity index (χ2n) is 12.6. The molecule has 2 aromatic heterocycles. The number of terminal acetylenes is 1. The van der Waals surface area contributed by atoms with Crippen molar-refractivity contribution >= 4 is 0 Å². The fourth-order valence-electron chi connectivity index (χ4n) is 7.27. The summed E-state index contributed by atoms with van der Waals surface area (Å²) in [4.78, 5) is 9.40. The number of benzene rings is 4. The highest BCUT2D eigenvalue weighted by molar-refractivity contribution is 5.70. The first kappa shape index (κ1) is 27.9. The van der Waals surface area contributed by atoms with Crippen molar-refractivity contribution in [2.24, 2.45) is 0 Å². The van der Waals surface area contributed by atoms with Gasteiger partial charge in [0.25, 0.3) is 0 Å². The van der Waals surface area contributed by atoms with Gasteiger partial charge in [0.1, 0.15) is 17.7 Å². The van der Waals surface area contributed by atoms with Gasteiger partial charge < -0.3 is 9.13 Å². The van der Waals surface area contributed by atoms with Gasteiger partial charge in [0, 0.05) is 53.6 Å². The van der Waals surface area contributed by atoms with Crippen LogP contribution in [0.1, 0.15) is 71.9 Å². The van der Waals surface area contributed by atoms with E-state index in [0.717, 1.165) is 54.0 Å². The minimum Gasteiger partial charge on any atom is -0.328 e. The molecule has 6 aromatic rings. The summed E-state index contributed by atoms with van der Waals surface area (Å²) in [5, 5.41) is 9.56.